The molecule has 0 fully saturated rings. The Balaban J connectivity index is 2.51. The molecule has 0 aliphatic rings. The number of halogens is 3. The van der Waals surface area contributed by atoms with E-state index in [2.05, 4.69) is 0 Å². The van der Waals surface area contributed by atoms with Gasteiger partial charge in [0.25, 0.3) is 0 Å². The molecule has 19 heavy (non-hydrogen) atoms. The Morgan fingerprint density at radius 3 is 2.47 bits per heavy atom. The van der Waals surface area contributed by atoms with Gasteiger partial charge in [0.05, 0.1) is 12.4 Å². The van der Waals surface area contributed by atoms with E-state index in [1.165, 1.54) is 12.1 Å². The first-order chi connectivity index (χ1) is 9.04. The Morgan fingerprint density at radius 1 is 1.05 bits per heavy atom. The van der Waals surface area contributed by atoms with Crippen molar-refractivity contribution in [3.05, 3.63) is 36.4 Å². The summed E-state index contributed by atoms with van der Waals surface area (Å²) >= 11 is 0. The number of unbranched alkanes of at least 4 members (excludes halogenated alkanes) is 1. The molecular weight excluding hydrogens is 252 g/mol. The summed E-state index contributed by atoms with van der Waals surface area (Å²) in [7, 11) is 0. The SMILES string of the molecule is CCCCOc1ccc2ccccc2c1[B-](F)(F)F. The summed E-state index contributed by atoms with van der Waals surface area (Å²) in [5, 5.41) is 0.795. The molecule has 0 saturated heterocycles. The molecule has 1 nitrogen and oxygen atoms in total. The lowest BCUT2D eigenvalue weighted by atomic mass is 9.76. The third-order valence-corrected chi connectivity index (χ3v) is 3.01. The van der Waals surface area contributed by atoms with Gasteiger partial charge in [-0.15, -0.1) is 0 Å². The first-order valence-electron chi connectivity index (χ1n) is 6.38. The third-order valence-electron chi connectivity index (χ3n) is 3.01. The molecule has 0 unspecified atom stereocenters. The van der Waals surface area contributed by atoms with E-state index in [0.29, 0.717) is 12.0 Å². The normalized spacial score (nSPS) is 11.8. The van der Waals surface area contributed by atoms with Crippen LogP contribution in [0.1, 0.15) is 19.8 Å². The summed E-state index contributed by atoms with van der Waals surface area (Å²) in [4.78, 5) is 0. The lowest BCUT2D eigenvalue weighted by molar-refractivity contribution is 0.310. The minimum absolute atomic E-state index is 0.0559. The van der Waals surface area contributed by atoms with Gasteiger partial charge in [0.15, 0.2) is 0 Å². The van der Waals surface area contributed by atoms with E-state index in [0.717, 1.165) is 12.8 Å². The molecule has 0 amide bonds. The van der Waals surface area contributed by atoms with Crippen LogP contribution >= 0.6 is 0 Å². The molecule has 0 spiro atoms. The van der Waals surface area contributed by atoms with Gasteiger partial charge in [-0.2, -0.15) is 0 Å². The fraction of sp³-hybridized carbons (Fsp3) is 0.286. The van der Waals surface area contributed by atoms with E-state index in [1.54, 1.807) is 24.3 Å². The predicted molar refractivity (Wildman–Crippen MR) is 73.1 cm³/mol. The number of fused-ring (bicyclic) bond motifs is 1. The molecule has 2 rings (SSSR count). The minimum atomic E-state index is -5.10. The molecule has 0 heterocycles. The van der Waals surface area contributed by atoms with Gasteiger partial charge in [0, 0.05) is 0 Å². The number of benzene rings is 2. The molecule has 0 aromatic heterocycles. The quantitative estimate of drug-likeness (QED) is 0.586. The van der Waals surface area contributed by atoms with Crippen LogP contribution in [0.3, 0.4) is 0 Å². The molecule has 2 aromatic carbocycles. The second-order valence-corrected chi connectivity index (χ2v) is 4.48. The van der Waals surface area contributed by atoms with E-state index in [-0.39, 0.29) is 11.1 Å². The average Bonchev–Trinajstić information content (AvgIpc) is 2.37. The number of rotatable bonds is 5. The van der Waals surface area contributed by atoms with Crippen LogP contribution in [0, 0.1) is 0 Å². The highest BCUT2D eigenvalue weighted by atomic mass is 19.4. The highest BCUT2D eigenvalue weighted by Gasteiger charge is 2.31. The molecule has 0 atom stereocenters. The van der Waals surface area contributed by atoms with Gasteiger partial charge in [-0.1, -0.05) is 49.1 Å². The van der Waals surface area contributed by atoms with Crippen LogP contribution in [0.15, 0.2) is 36.4 Å². The van der Waals surface area contributed by atoms with Crippen molar-refractivity contribution in [2.45, 2.75) is 19.8 Å². The summed E-state index contributed by atoms with van der Waals surface area (Å²) in [6.45, 7) is -2.81. The van der Waals surface area contributed by atoms with Crippen molar-refractivity contribution >= 4 is 23.2 Å². The number of hydrogen-bond acceptors (Lipinski definition) is 1. The van der Waals surface area contributed by atoms with Crippen molar-refractivity contribution in [3.63, 3.8) is 0 Å². The molecule has 5 heteroatoms. The lowest BCUT2D eigenvalue weighted by Gasteiger charge is -2.22. The number of ether oxygens (including phenoxy) is 1. The summed E-state index contributed by atoms with van der Waals surface area (Å²) in [6.07, 6.45) is 1.64. The Hall–Kier alpha value is -1.65. The highest BCUT2D eigenvalue weighted by Crippen LogP contribution is 2.25. The molecule has 102 valence electrons. The first-order valence-corrected chi connectivity index (χ1v) is 6.38. The summed E-state index contributed by atoms with van der Waals surface area (Å²) in [6, 6.07) is 9.60. The zero-order valence-electron chi connectivity index (χ0n) is 10.7. The van der Waals surface area contributed by atoms with Crippen LogP contribution < -0.4 is 10.2 Å². The van der Waals surface area contributed by atoms with E-state index in [1.807, 2.05) is 6.92 Å². The summed E-state index contributed by atoms with van der Waals surface area (Å²) in [5.41, 5.74) is -0.616. The van der Waals surface area contributed by atoms with Crippen LogP contribution in [0.4, 0.5) is 12.9 Å². The average molecular weight is 267 g/mol. The Labute approximate surface area is 110 Å². The largest absolute Gasteiger partial charge is 0.513 e. The number of hydrogen-bond donors (Lipinski definition) is 0. The van der Waals surface area contributed by atoms with Crippen LogP contribution in [-0.2, 0) is 0 Å². The standard InChI is InChI=1S/C14H15BF3O/c1-2-3-10-19-13-9-8-11-6-4-5-7-12(11)14(13)15(16,17)18/h4-9H,2-3,10H2,1H3/q-1. The van der Waals surface area contributed by atoms with Gasteiger partial charge < -0.3 is 17.7 Å². The molecule has 0 saturated carbocycles. The van der Waals surface area contributed by atoms with E-state index in [4.69, 9.17) is 4.74 Å². The zero-order chi connectivity index (χ0) is 13.9. The molecule has 0 aliphatic carbocycles. The van der Waals surface area contributed by atoms with Crippen molar-refractivity contribution < 1.29 is 17.7 Å². The van der Waals surface area contributed by atoms with Gasteiger partial charge >= 0.3 is 6.98 Å². The van der Waals surface area contributed by atoms with E-state index in [9.17, 15) is 12.9 Å². The maximum atomic E-state index is 13.3. The van der Waals surface area contributed by atoms with Crippen molar-refractivity contribution in [1.29, 1.82) is 0 Å². The minimum Gasteiger partial charge on any atom is -0.497 e. The van der Waals surface area contributed by atoms with Crippen LogP contribution in [-0.4, -0.2) is 13.6 Å². The van der Waals surface area contributed by atoms with Crippen molar-refractivity contribution in [3.8, 4) is 5.75 Å². The molecule has 2 aromatic rings. The topological polar surface area (TPSA) is 9.23 Å². The van der Waals surface area contributed by atoms with E-state index < -0.39 is 12.4 Å². The molecule has 0 aliphatic heterocycles. The smallest absolute Gasteiger partial charge is 0.497 e. The van der Waals surface area contributed by atoms with E-state index >= 15 is 0 Å². The summed E-state index contributed by atoms with van der Waals surface area (Å²) < 4.78 is 45.1. The van der Waals surface area contributed by atoms with Gasteiger partial charge in [0.2, 0.25) is 0 Å². The maximum Gasteiger partial charge on any atom is 0.513 e. The fourth-order valence-corrected chi connectivity index (χ4v) is 2.07. The van der Waals surface area contributed by atoms with Crippen molar-refractivity contribution in [2.24, 2.45) is 0 Å². The Morgan fingerprint density at radius 2 is 1.79 bits per heavy atom. The van der Waals surface area contributed by atoms with Crippen LogP contribution in [0.5, 0.6) is 5.75 Å². The maximum absolute atomic E-state index is 13.3. The van der Waals surface area contributed by atoms with Gasteiger partial charge in [0.1, 0.15) is 0 Å². The van der Waals surface area contributed by atoms with Crippen molar-refractivity contribution in [2.75, 3.05) is 6.61 Å². The van der Waals surface area contributed by atoms with Gasteiger partial charge in [-0.05, 0) is 23.3 Å². The Bertz CT molecular complexity index is 566. The molecule has 0 bridgehead atoms. The van der Waals surface area contributed by atoms with Crippen LogP contribution in [0.25, 0.3) is 10.8 Å². The predicted octanol–water partition coefficient (Wildman–Crippen LogP) is 4.07. The fourth-order valence-electron chi connectivity index (χ4n) is 2.07. The second kappa shape index (κ2) is 5.55. The lowest BCUT2D eigenvalue weighted by Crippen LogP contribution is -2.36. The monoisotopic (exact) mass is 267 g/mol. The molecule has 0 N–H and O–H groups in total. The zero-order valence-corrected chi connectivity index (χ0v) is 10.7. The van der Waals surface area contributed by atoms with Gasteiger partial charge in [-0.3, -0.25) is 0 Å². The second-order valence-electron chi connectivity index (χ2n) is 4.48. The molecular formula is C14H15BF3O-. The van der Waals surface area contributed by atoms with Gasteiger partial charge in [-0.25, -0.2) is 0 Å². The van der Waals surface area contributed by atoms with Crippen LogP contribution in [0.2, 0.25) is 0 Å². The summed E-state index contributed by atoms with van der Waals surface area (Å²) in [5.74, 6) is -0.0559. The first kappa shape index (κ1) is 13.8. The Kier molecular flexibility index (Phi) is 4.03. The molecule has 0 radical (unpaired) electrons. The van der Waals surface area contributed by atoms with Crippen molar-refractivity contribution in [1.82, 2.24) is 0 Å². The third kappa shape index (κ3) is 3.03. The highest BCUT2D eigenvalue weighted by molar-refractivity contribution is 6.76.